The van der Waals surface area contributed by atoms with Gasteiger partial charge in [-0.3, -0.25) is 0 Å². The second-order valence-electron chi connectivity index (χ2n) is 14.8. The van der Waals surface area contributed by atoms with Gasteiger partial charge >= 0.3 is 0 Å². The third-order valence-electron chi connectivity index (χ3n) is 11.2. The number of benzene rings is 7. The fraction of sp³-hybridized carbons (Fsp3) is 0.0943. The second kappa shape index (κ2) is 16.1. The molecular weight excluding hydrogens is 693 g/mol. The van der Waals surface area contributed by atoms with Crippen LogP contribution >= 0.6 is 0 Å². The topological polar surface area (TPSA) is 46.2 Å². The highest BCUT2D eigenvalue weighted by atomic mass is 15.1. The number of rotatable bonds is 11. The number of hydrogen-bond donors (Lipinski definition) is 2. The Morgan fingerprint density at radius 3 is 2.11 bits per heavy atom. The summed E-state index contributed by atoms with van der Waals surface area (Å²) in [5.74, 6) is 0. The van der Waals surface area contributed by atoms with Crippen molar-refractivity contribution >= 4 is 44.5 Å². The summed E-state index contributed by atoms with van der Waals surface area (Å²) < 4.78 is 2.41. The smallest absolute Gasteiger partial charge is 0.0541 e. The zero-order valence-electron chi connectivity index (χ0n) is 32.2. The Morgan fingerprint density at radius 2 is 1.37 bits per heavy atom. The highest BCUT2D eigenvalue weighted by molar-refractivity contribution is 6.09. The molecule has 1 aliphatic rings. The number of para-hydroxylation sites is 3. The maximum Gasteiger partial charge on any atom is 0.0541 e. The molecule has 3 N–H and O–H groups in total. The van der Waals surface area contributed by atoms with E-state index in [1.54, 1.807) is 0 Å². The zero-order valence-corrected chi connectivity index (χ0v) is 32.2. The number of aromatic nitrogens is 1. The molecule has 0 bridgehead atoms. The Kier molecular flexibility index (Phi) is 10.1. The van der Waals surface area contributed by atoms with E-state index in [0.29, 0.717) is 6.54 Å². The van der Waals surface area contributed by atoms with Crippen LogP contribution < -0.4 is 16.0 Å². The van der Waals surface area contributed by atoms with Crippen molar-refractivity contribution in [1.29, 1.82) is 0 Å². The van der Waals surface area contributed by atoms with Crippen molar-refractivity contribution in [3.63, 3.8) is 0 Å². The Hall–Kier alpha value is -6.88. The van der Waals surface area contributed by atoms with Gasteiger partial charge in [0.25, 0.3) is 0 Å². The van der Waals surface area contributed by atoms with Crippen LogP contribution in [0.25, 0.3) is 49.9 Å². The monoisotopic (exact) mass is 738 g/mol. The van der Waals surface area contributed by atoms with E-state index in [9.17, 15) is 0 Å². The molecule has 1 aromatic heterocycles. The summed E-state index contributed by atoms with van der Waals surface area (Å²) in [5, 5.41) is 6.38. The number of anilines is 2. The van der Waals surface area contributed by atoms with Crippen LogP contribution in [0.15, 0.2) is 200 Å². The summed E-state index contributed by atoms with van der Waals surface area (Å²) in [6.07, 6.45) is 11.0. The van der Waals surface area contributed by atoms with Crippen LogP contribution in [-0.4, -0.2) is 11.6 Å². The summed E-state index contributed by atoms with van der Waals surface area (Å²) in [6, 6.07) is 62.6. The van der Waals surface area contributed by atoms with Gasteiger partial charge in [-0.05, 0) is 94.8 Å². The van der Waals surface area contributed by atoms with Crippen LogP contribution in [0.4, 0.5) is 11.4 Å². The van der Waals surface area contributed by atoms with Gasteiger partial charge in [0.15, 0.2) is 0 Å². The fourth-order valence-electron chi connectivity index (χ4n) is 8.21. The molecule has 0 spiro atoms. The molecule has 0 saturated carbocycles. The van der Waals surface area contributed by atoms with Gasteiger partial charge in [0.1, 0.15) is 0 Å². The maximum atomic E-state index is 7.12. The van der Waals surface area contributed by atoms with E-state index in [0.717, 1.165) is 52.2 Å². The van der Waals surface area contributed by atoms with E-state index in [-0.39, 0.29) is 6.04 Å². The normalized spacial score (nSPS) is 13.5. The van der Waals surface area contributed by atoms with Gasteiger partial charge in [0.05, 0.1) is 17.1 Å². The van der Waals surface area contributed by atoms with E-state index >= 15 is 0 Å². The number of fused-ring (bicyclic) bond motifs is 3. The first-order valence-electron chi connectivity index (χ1n) is 19.8. The summed E-state index contributed by atoms with van der Waals surface area (Å²) in [6.45, 7) is 0.675. The van der Waals surface area contributed by atoms with E-state index in [1.807, 2.05) is 6.07 Å². The number of allylic oxidation sites excluding steroid dienone is 4. The molecule has 4 nitrogen and oxygen atoms in total. The van der Waals surface area contributed by atoms with E-state index < -0.39 is 0 Å². The molecule has 1 heterocycles. The molecule has 0 amide bonds. The molecule has 0 aliphatic heterocycles. The lowest BCUT2D eigenvalue weighted by Gasteiger charge is -2.27. The van der Waals surface area contributed by atoms with Gasteiger partial charge in [-0.15, -0.1) is 0 Å². The minimum Gasteiger partial charge on any atom is -0.398 e. The standard InChI is InChI=1S/C53H46N4/c1-56(51-29-14-11-26-46(51)40-22-9-4-10-23-40)44-33-43(34-45(35-44)57-52-30-15-12-27-47(52)48-28-13-16-31-53(48)57)50(55-37-38-18-5-2-6-19-38)36-49(54)42-25-17-24-41(32-42)39-20-7-3-8-21-39/h2-9,11-22,24-36,50,55H,10,23,37,54H2,1H3/b49-36-. The summed E-state index contributed by atoms with van der Waals surface area (Å²) in [7, 11) is 2.19. The van der Waals surface area contributed by atoms with Gasteiger partial charge in [-0.2, -0.15) is 0 Å². The Labute approximate surface area is 335 Å². The van der Waals surface area contributed by atoms with Gasteiger partial charge in [-0.1, -0.05) is 152 Å². The summed E-state index contributed by atoms with van der Waals surface area (Å²) in [4.78, 5) is 2.35. The Balaban J connectivity index is 1.23. The number of nitrogens with two attached hydrogens (primary N) is 1. The van der Waals surface area contributed by atoms with Gasteiger partial charge in [-0.25, -0.2) is 0 Å². The predicted octanol–water partition coefficient (Wildman–Crippen LogP) is 12.8. The number of nitrogens with one attached hydrogen (secondary N) is 1. The predicted molar refractivity (Wildman–Crippen MR) is 242 cm³/mol. The SMILES string of the molecule is CN(c1cc(C(/C=C(\N)c2cccc(-c3ccccc3)c2)NCc2ccccc2)cc(-n2c3ccccc3c3ccccc32)c1)c1ccccc1C1=CC=CCC1. The third kappa shape index (κ3) is 7.43. The van der Waals surface area contributed by atoms with Gasteiger partial charge in [0.2, 0.25) is 0 Å². The average molecular weight is 739 g/mol. The molecule has 0 radical (unpaired) electrons. The highest BCUT2D eigenvalue weighted by Gasteiger charge is 2.20. The van der Waals surface area contributed by atoms with E-state index in [2.05, 4.69) is 216 Å². The van der Waals surface area contributed by atoms with Crippen molar-refractivity contribution in [3.8, 4) is 16.8 Å². The molecule has 1 atom stereocenters. The molecule has 9 rings (SSSR count). The molecule has 1 aliphatic carbocycles. The molecule has 278 valence electrons. The number of nitrogens with zero attached hydrogens (tertiary/aromatic N) is 2. The molecule has 57 heavy (non-hydrogen) atoms. The lowest BCUT2D eigenvalue weighted by molar-refractivity contribution is 0.621. The van der Waals surface area contributed by atoms with Crippen LogP contribution in [0, 0.1) is 0 Å². The first kappa shape index (κ1) is 35.8. The molecule has 7 aromatic carbocycles. The van der Waals surface area contributed by atoms with E-state index in [4.69, 9.17) is 5.73 Å². The van der Waals surface area contributed by atoms with Crippen LogP contribution in [0.3, 0.4) is 0 Å². The maximum absolute atomic E-state index is 7.12. The first-order valence-corrected chi connectivity index (χ1v) is 19.8. The molecule has 4 heteroatoms. The van der Waals surface area contributed by atoms with Crippen molar-refractivity contribution in [3.05, 3.63) is 222 Å². The van der Waals surface area contributed by atoms with Gasteiger partial charge in [0, 0.05) is 52.7 Å². The average Bonchev–Trinajstić information content (AvgIpc) is 3.63. The van der Waals surface area contributed by atoms with Crippen LogP contribution in [0.5, 0.6) is 0 Å². The molecule has 0 fully saturated rings. The van der Waals surface area contributed by atoms with Crippen LogP contribution in [0.2, 0.25) is 0 Å². The van der Waals surface area contributed by atoms with Crippen LogP contribution in [0.1, 0.15) is 41.1 Å². The van der Waals surface area contributed by atoms with Crippen molar-refractivity contribution in [2.45, 2.75) is 25.4 Å². The molecule has 1 unspecified atom stereocenters. The number of hydrogen-bond acceptors (Lipinski definition) is 3. The quantitative estimate of drug-likeness (QED) is 0.139. The van der Waals surface area contributed by atoms with Gasteiger partial charge < -0.3 is 20.5 Å². The van der Waals surface area contributed by atoms with Crippen molar-refractivity contribution in [1.82, 2.24) is 9.88 Å². The molecule has 8 aromatic rings. The minimum atomic E-state index is -0.216. The molecule has 0 saturated heterocycles. The first-order chi connectivity index (χ1) is 28.1. The zero-order chi connectivity index (χ0) is 38.6. The van der Waals surface area contributed by atoms with Crippen molar-refractivity contribution in [2.75, 3.05) is 11.9 Å². The van der Waals surface area contributed by atoms with Crippen LogP contribution in [-0.2, 0) is 6.54 Å². The fourth-order valence-corrected chi connectivity index (χ4v) is 8.21. The summed E-state index contributed by atoms with van der Waals surface area (Å²) >= 11 is 0. The van der Waals surface area contributed by atoms with Crippen molar-refractivity contribution in [2.24, 2.45) is 5.73 Å². The van der Waals surface area contributed by atoms with Crippen molar-refractivity contribution < 1.29 is 0 Å². The minimum absolute atomic E-state index is 0.216. The Bertz CT molecular complexity index is 2720. The molecular formula is C53H46N4. The summed E-state index contributed by atoms with van der Waals surface area (Å²) in [5.41, 5.74) is 21.8. The lowest BCUT2D eigenvalue weighted by atomic mass is 9.95. The third-order valence-corrected chi connectivity index (χ3v) is 11.2. The Morgan fingerprint density at radius 1 is 0.702 bits per heavy atom. The lowest BCUT2D eigenvalue weighted by Crippen LogP contribution is -2.21. The van der Waals surface area contributed by atoms with E-state index in [1.165, 1.54) is 44.2 Å². The highest BCUT2D eigenvalue weighted by Crippen LogP contribution is 2.39. The largest absolute Gasteiger partial charge is 0.398 e. The second-order valence-corrected chi connectivity index (χ2v) is 14.8.